The first-order chi connectivity index (χ1) is 7.86. The summed E-state index contributed by atoms with van der Waals surface area (Å²) in [5, 5.41) is 0. The van der Waals surface area contributed by atoms with Gasteiger partial charge in [-0.25, -0.2) is 4.84 Å². The molecule has 0 aliphatic heterocycles. The van der Waals surface area contributed by atoms with Gasteiger partial charge >= 0.3 is 0 Å². The van der Waals surface area contributed by atoms with Crippen molar-refractivity contribution < 1.29 is 9.63 Å². The second kappa shape index (κ2) is 5.66. The monoisotopic (exact) mass is 218 g/mol. The van der Waals surface area contributed by atoms with Gasteiger partial charge in [-0.3, -0.25) is 4.79 Å². The Hall–Kier alpha value is -1.35. The second-order valence-corrected chi connectivity index (χ2v) is 4.13. The van der Waals surface area contributed by atoms with Crippen LogP contribution in [0.5, 0.6) is 0 Å². The molecule has 1 fully saturated rings. The third-order valence-electron chi connectivity index (χ3n) is 2.86. The van der Waals surface area contributed by atoms with Crippen molar-refractivity contribution >= 4 is 5.91 Å². The molecule has 1 saturated carbocycles. The summed E-state index contributed by atoms with van der Waals surface area (Å²) in [5.41, 5.74) is 4.26. The zero-order chi connectivity index (χ0) is 11.2. The van der Waals surface area contributed by atoms with E-state index in [4.69, 9.17) is 4.84 Å². The van der Waals surface area contributed by atoms with E-state index in [1.165, 1.54) is 19.3 Å². The molecule has 1 aromatic rings. The fourth-order valence-electron chi connectivity index (χ4n) is 1.93. The fraction of sp³-hybridized carbons (Fsp3) is 0.462. The van der Waals surface area contributed by atoms with Crippen LogP contribution in [0.15, 0.2) is 30.3 Å². The SMILES string of the molecule is O=C([N]OC1CCCCC1)c1ccccc1. The highest BCUT2D eigenvalue weighted by Crippen LogP contribution is 2.19. The Bertz CT molecular complexity index is 331. The molecular weight excluding hydrogens is 202 g/mol. The van der Waals surface area contributed by atoms with Crippen LogP contribution >= 0.6 is 0 Å². The van der Waals surface area contributed by atoms with Crippen molar-refractivity contribution in [3.05, 3.63) is 35.9 Å². The van der Waals surface area contributed by atoms with Gasteiger partial charge in [0.25, 0.3) is 5.91 Å². The molecule has 85 valence electrons. The number of benzene rings is 1. The number of hydrogen-bond acceptors (Lipinski definition) is 2. The lowest BCUT2D eigenvalue weighted by Gasteiger charge is -2.19. The molecule has 1 aliphatic rings. The van der Waals surface area contributed by atoms with Gasteiger partial charge < -0.3 is 0 Å². The van der Waals surface area contributed by atoms with Crippen LogP contribution in [0, 0.1) is 0 Å². The predicted octanol–water partition coefficient (Wildman–Crippen LogP) is 2.70. The van der Waals surface area contributed by atoms with E-state index in [0.717, 1.165) is 12.8 Å². The molecule has 3 heteroatoms. The van der Waals surface area contributed by atoms with Gasteiger partial charge in [0.15, 0.2) is 0 Å². The van der Waals surface area contributed by atoms with Gasteiger partial charge in [0.1, 0.15) is 0 Å². The molecule has 0 saturated heterocycles. The number of hydroxylamine groups is 1. The molecule has 0 N–H and O–H groups in total. The van der Waals surface area contributed by atoms with Gasteiger partial charge in [0, 0.05) is 5.56 Å². The highest BCUT2D eigenvalue weighted by Gasteiger charge is 2.16. The lowest BCUT2D eigenvalue weighted by molar-refractivity contribution is -0.0365. The summed E-state index contributed by atoms with van der Waals surface area (Å²) >= 11 is 0. The van der Waals surface area contributed by atoms with E-state index in [-0.39, 0.29) is 12.0 Å². The maximum Gasteiger partial charge on any atom is 0.299 e. The molecule has 1 aliphatic carbocycles. The summed E-state index contributed by atoms with van der Waals surface area (Å²) in [4.78, 5) is 16.9. The fourth-order valence-corrected chi connectivity index (χ4v) is 1.93. The van der Waals surface area contributed by atoms with Gasteiger partial charge in [0.2, 0.25) is 0 Å². The molecule has 0 bridgehead atoms. The van der Waals surface area contributed by atoms with Gasteiger partial charge in [-0.15, -0.1) is 0 Å². The Morgan fingerprint density at radius 2 is 1.81 bits per heavy atom. The van der Waals surface area contributed by atoms with E-state index in [9.17, 15) is 4.79 Å². The first-order valence-electron chi connectivity index (χ1n) is 5.82. The average Bonchev–Trinajstić information content (AvgIpc) is 2.38. The van der Waals surface area contributed by atoms with Crippen LogP contribution in [0.1, 0.15) is 42.5 Å². The summed E-state index contributed by atoms with van der Waals surface area (Å²) in [7, 11) is 0. The molecule has 3 nitrogen and oxygen atoms in total. The molecular formula is C13H16NO2. The van der Waals surface area contributed by atoms with Crippen molar-refractivity contribution in [1.82, 2.24) is 5.48 Å². The number of amides is 1. The number of rotatable bonds is 3. The van der Waals surface area contributed by atoms with Crippen LogP contribution in [0.4, 0.5) is 0 Å². The Kier molecular flexibility index (Phi) is 3.94. The first-order valence-corrected chi connectivity index (χ1v) is 5.82. The zero-order valence-electron chi connectivity index (χ0n) is 9.26. The largest absolute Gasteiger partial charge is 0.299 e. The second-order valence-electron chi connectivity index (χ2n) is 4.13. The van der Waals surface area contributed by atoms with Crippen LogP contribution in [0.3, 0.4) is 0 Å². The predicted molar refractivity (Wildman–Crippen MR) is 60.9 cm³/mol. The molecule has 16 heavy (non-hydrogen) atoms. The van der Waals surface area contributed by atoms with Crippen molar-refractivity contribution in [2.45, 2.75) is 38.2 Å². The lowest BCUT2D eigenvalue weighted by atomic mass is 9.98. The molecule has 0 aromatic heterocycles. The highest BCUT2D eigenvalue weighted by molar-refractivity contribution is 5.93. The Morgan fingerprint density at radius 3 is 2.50 bits per heavy atom. The summed E-state index contributed by atoms with van der Waals surface area (Å²) in [6.45, 7) is 0. The van der Waals surface area contributed by atoms with Gasteiger partial charge in [0.05, 0.1) is 6.10 Å². The molecule has 0 spiro atoms. The van der Waals surface area contributed by atoms with Crippen molar-refractivity contribution in [1.29, 1.82) is 0 Å². The van der Waals surface area contributed by atoms with E-state index in [1.54, 1.807) is 12.1 Å². The number of carbonyl (C=O) groups excluding carboxylic acids is 1. The van der Waals surface area contributed by atoms with Crippen LogP contribution < -0.4 is 5.48 Å². The molecule has 0 heterocycles. The maximum atomic E-state index is 11.6. The Balaban J connectivity index is 1.79. The number of carbonyl (C=O) groups is 1. The molecule has 2 rings (SSSR count). The zero-order valence-corrected chi connectivity index (χ0v) is 9.26. The quantitative estimate of drug-likeness (QED) is 0.732. The molecule has 1 amide bonds. The number of nitrogens with zero attached hydrogens (tertiary/aromatic N) is 1. The van der Waals surface area contributed by atoms with Crippen molar-refractivity contribution in [3.8, 4) is 0 Å². The van der Waals surface area contributed by atoms with Crippen LogP contribution in [-0.2, 0) is 4.84 Å². The van der Waals surface area contributed by atoms with Crippen molar-refractivity contribution in [2.75, 3.05) is 0 Å². The molecule has 1 aromatic carbocycles. The first kappa shape index (κ1) is 11.1. The summed E-state index contributed by atoms with van der Waals surface area (Å²) in [6, 6.07) is 9.01. The van der Waals surface area contributed by atoms with E-state index >= 15 is 0 Å². The summed E-state index contributed by atoms with van der Waals surface area (Å²) in [6.07, 6.45) is 5.81. The third-order valence-corrected chi connectivity index (χ3v) is 2.86. The molecule has 0 atom stereocenters. The van der Waals surface area contributed by atoms with Gasteiger partial charge in [-0.2, -0.15) is 0 Å². The third kappa shape index (κ3) is 3.07. The minimum Gasteiger partial charge on any atom is -0.265 e. The van der Waals surface area contributed by atoms with E-state index < -0.39 is 0 Å². The maximum absolute atomic E-state index is 11.6. The summed E-state index contributed by atoms with van der Waals surface area (Å²) < 4.78 is 0. The minimum atomic E-state index is -0.286. The van der Waals surface area contributed by atoms with Crippen LogP contribution in [0.2, 0.25) is 0 Å². The van der Waals surface area contributed by atoms with Crippen LogP contribution in [-0.4, -0.2) is 12.0 Å². The van der Waals surface area contributed by atoms with E-state index in [1.807, 2.05) is 18.2 Å². The number of hydrogen-bond donors (Lipinski definition) is 0. The van der Waals surface area contributed by atoms with Crippen LogP contribution in [0.25, 0.3) is 0 Å². The normalized spacial score (nSPS) is 17.0. The van der Waals surface area contributed by atoms with Crippen molar-refractivity contribution in [3.63, 3.8) is 0 Å². The van der Waals surface area contributed by atoms with E-state index in [0.29, 0.717) is 5.56 Å². The summed E-state index contributed by atoms with van der Waals surface area (Å²) in [5.74, 6) is -0.286. The van der Waals surface area contributed by atoms with E-state index in [2.05, 4.69) is 5.48 Å². The minimum absolute atomic E-state index is 0.140. The Labute approximate surface area is 95.8 Å². The standard InChI is InChI=1S/C13H16NO2/c15-13(11-7-3-1-4-8-11)14-16-12-9-5-2-6-10-12/h1,3-4,7-8,12H,2,5-6,9-10H2. The smallest absolute Gasteiger partial charge is 0.265 e. The average molecular weight is 218 g/mol. The van der Waals surface area contributed by atoms with Gasteiger partial charge in [-0.05, 0) is 25.0 Å². The van der Waals surface area contributed by atoms with Crippen molar-refractivity contribution in [2.24, 2.45) is 0 Å². The highest BCUT2D eigenvalue weighted by atomic mass is 16.7. The molecule has 0 unspecified atom stereocenters. The van der Waals surface area contributed by atoms with Gasteiger partial charge in [-0.1, -0.05) is 42.9 Å². The molecule has 1 radical (unpaired) electrons. The Morgan fingerprint density at radius 1 is 1.12 bits per heavy atom. The topological polar surface area (TPSA) is 40.4 Å². The lowest BCUT2D eigenvalue weighted by Crippen LogP contribution is -2.25.